The van der Waals surface area contributed by atoms with Gasteiger partial charge in [-0.05, 0) is 42.0 Å². The molecule has 2 rings (SSSR count). The number of hydrogen-bond donors (Lipinski definition) is 0. The van der Waals surface area contributed by atoms with Crippen molar-refractivity contribution in [3.63, 3.8) is 0 Å². The quantitative estimate of drug-likeness (QED) is 0.520. The third-order valence-corrected chi connectivity index (χ3v) is 2.75. The van der Waals surface area contributed by atoms with Crippen molar-refractivity contribution in [3.05, 3.63) is 40.5 Å². The Morgan fingerprint density at radius 1 is 1.08 bits per heavy atom. The van der Waals surface area contributed by atoms with E-state index in [1.165, 1.54) is 22.3 Å². The molecule has 1 aliphatic carbocycles. The van der Waals surface area contributed by atoms with Gasteiger partial charge < -0.3 is 0 Å². The van der Waals surface area contributed by atoms with Gasteiger partial charge >= 0.3 is 18.9 Å². The fourth-order valence-electron chi connectivity index (χ4n) is 1.75. The summed E-state index contributed by atoms with van der Waals surface area (Å²) in [5.41, 5.74) is 5.69. The molecule has 0 aliphatic heterocycles. The van der Waals surface area contributed by atoms with Crippen molar-refractivity contribution in [1.29, 1.82) is 0 Å². The first-order valence-corrected chi connectivity index (χ1v) is 4.48. The minimum absolute atomic E-state index is 0. The molecule has 1 aromatic carbocycles. The molecule has 0 saturated carbocycles. The molecule has 64 valence electrons. The van der Waals surface area contributed by atoms with Crippen LogP contribution in [0.1, 0.15) is 35.1 Å². The first-order chi connectivity index (χ1) is 5.68. The molecule has 0 bridgehead atoms. The van der Waals surface area contributed by atoms with Gasteiger partial charge in [0.15, 0.2) is 0 Å². The molecule has 0 spiro atoms. The molecule has 1 aromatic rings. The Kier molecular flexibility index (Phi) is 3.06. The summed E-state index contributed by atoms with van der Waals surface area (Å²) in [7, 11) is 0. The van der Waals surface area contributed by atoms with Crippen LogP contribution in [0.15, 0.2) is 18.2 Å². The summed E-state index contributed by atoms with van der Waals surface area (Å²) < 4.78 is 0. The molecule has 0 nitrogen and oxygen atoms in total. The second-order valence-corrected chi connectivity index (χ2v) is 3.71. The Labute approximate surface area is 92.2 Å². The van der Waals surface area contributed by atoms with Crippen LogP contribution >= 0.6 is 0 Å². The topological polar surface area (TPSA) is 0 Å². The second-order valence-electron chi connectivity index (χ2n) is 3.71. The van der Waals surface area contributed by atoms with Crippen LogP contribution in [0.5, 0.6) is 0 Å². The van der Waals surface area contributed by atoms with Crippen LogP contribution in [-0.4, -0.2) is 18.9 Å². The molecule has 0 amide bonds. The summed E-state index contributed by atoms with van der Waals surface area (Å²) in [6, 6.07) is 4.60. The minimum atomic E-state index is 0. The molecular weight excluding hydrogens is 151 g/mol. The average molecular weight is 166 g/mol. The fourth-order valence-corrected chi connectivity index (χ4v) is 1.75. The molecule has 1 aliphatic rings. The normalized spacial score (nSPS) is 18.2. The van der Waals surface area contributed by atoms with E-state index in [4.69, 9.17) is 0 Å². The van der Waals surface area contributed by atoms with Crippen molar-refractivity contribution in [2.24, 2.45) is 0 Å². The summed E-state index contributed by atoms with van der Waals surface area (Å²) in [5.74, 6) is 0.610. The fraction of sp³-hybridized carbons (Fsp3) is 0.333. The standard InChI is InChI=1S/C12H14.Li.H/c1-8-4-5-11-6-9(2)10(3)7-12(8)11;;/h4-8H,1-3H3;;. The third kappa shape index (κ3) is 1.75. The van der Waals surface area contributed by atoms with Gasteiger partial charge in [-0.25, -0.2) is 0 Å². The molecule has 0 heterocycles. The monoisotopic (exact) mass is 166 g/mol. The van der Waals surface area contributed by atoms with Gasteiger partial charge in [0.2, 0.25) is 0 Å². The Morgan fingerprint density at radius 3 is 2.38 bits per heavy atom. The van der Waals surface area contributed by atoms with Gasteiger partial charge in [-0.2, -0.15) is 0 Å². The molecule has 1 unspecified atom stereocenters. The van der Waals surface area contributed by atoms with Crippen LogP contribution in [0.3, 0.4) is 0 Å². The number of rotatable bonds is 0. The van der Waals surface area contributed by atoms with Gasteiger partial charge in [-0.3, -0.25) is 0 Å². The molecule has 0 radical (unpaired) electrons. The van der Waals surface area contributed by atoms with Gasteiger partial charge in [-0.1, -0.05) is 31.2 Å². The second kappa shape index (κ2) is 3.74. The Balaban J connectivity index is 0.000000845. The number of allylic oxidation sites excluding steroid dienone is 1. The molecule has 1 atom stereocenters. The maximum absolute atomic E-state index is 2.31. The molecule has 1 heteroatoms. The third-order valence-electron chi connectivity index (χ3n) is 2.75. The van der Waals surface area contributed by atoms with Gasteiger partial charge in [0.05, 0.1) is 0 Å². The zero-order chi connectivity index (χ0) is 8.72. The van der Waals surface area contributed by atoms with E-state index in [9.17, 15) is 0 Å². The van der Waals surface area contributed by atoms with Crippen molar-refractivity contribution in [2.45, 2.75) is 26.7 Å². The Bertz CT molecular complexity index is 350. The Morgan fingerprint density at radius 2 is 1.69 bits per heavy atom. The van der Waals surface area contributed by atoms with Crippen molar-refractivity contribution < 1.29 is 0 Å². The molecule has 0 aromatic heterocycles. The zero-order valence-electron chi connectivity index (χ0n) is 7.89. The number of benzene rings is 1. The van der Waals surface area contributed by atoms with Gasteiger partial charge in [0.25, 0.3) is 0 Å². The first-order valence-electron chi connectivity index (χ1n) is 4.48. The van der Waals surface area contributed by atoms with Crippen LogP contribution in [0.25, 0.3) is 6.08 Å². The van der Waals surface area contributed by atoms with E-state index in [1.54, 1.807) is 0 Å². The van der Waals surface area contributed by atoms with E-state index in [1.807, 2.05) is 0 Å². The molecule has 13 heavy (non-hydrogen) atoms. The van der Waals surface area contributed by atoms with Crippen LogP contribution in [0.4, 0.5) is 0 Å². The Hall–Kier alpha value is -0.443. The van der Waals surface area contributed by atoms with Gasteiger partial charge in [-0.15, -0.1) is 0 Å². The summed E-state index contributed by atoms with van der Waals surface area (Å²) in [6.07, 6.45) is 4.50. The number of fused-ring (bicyclic) bond motifs is 1. The maximum atomic E-state index is 2.31. The van der Waals surface area contributed by atoms with E-state index in [-0.39, 0.29) is 18.9 Å². The summed E-state index contributed by atoms with van der Waals surface area (Å²) in [4.78, 5) is 0. The SMILES string of the molecule is Cc1cc2c(cc1C)C(C)C=C2.[LiH]. The number of aryl methyl sites for hydroxylation is 2. The first kappa shape index (κ1) is 10.6. The van der Waals surface area contributed by atoms with Crippen LogP contribution in [0.2, 0.25) is 0 Å². The summed E-state index contributed by atoms with van der Waals surface area (Å²) >= 11 is 0. The molecule has 0 fully saturated rings. The van der Waals surface area contributed by atoms with Crippen molar-refractivity contribution in [2.75, 3.05) is 0 Å². The van der Waals surface area contributed by atoms with Crippen LogP contribution in [0, 0.1) is 13.8 Å². The molecule has 0 saturated heterocycles. The van der Waals surface area contributed by atoms with E-state index >= 15 is 0 Å². The van der Waals surface area contributed by atoms with Crippen molar-refractivity contribution in [1.82, 2.24) is 0 Å². The predicted octanol–water partition coefficient (Wildman–Crippen LogP) is 2.79. The van der Waals surface area contributed by atoms with Crippen LogP contribution in [-0.2, 0) is 0 Å². The summed E-state index contributed by atoms with van der Waals surface area (Å²) in [5, 5.41) is 0. The molecular formula is C12H15Li. The summed E-state index contributed by atoms with van der Waals surface area (Å²) in [6.45, 7) is 6.60. The molecule has 0 N–H and O–H groups in total. The average Bonchev–Trinajstić information content (AvgIpc) is 2.35. The van der Waals surface area contributed by atoms with Crippen molar-refractivity contribution in [3.8, 4) is 0 Å². The van der Waals surface area contributed by atoms with Crippen LogP contribution < -0.4 is 0 Å². The van der Waals surface area contributed by atoms with Gasteiger partial charge in [0.1, 0.15) is 0 Å². The van der Waals surface area contributed by atoms with E-state index in [0.717, 1.165) is 0 Å². The number of hydrogen-bond acceptors (Lipinski definition) is 0. The van der Waals surface area contributed by atoms with Crippen molar-refractivity contribution >= 4 is 24.9 Å². The van der Waals surface area contributed by atoms with Gasteiger partial charge in [0, 0.05) is 0 Å². The zero-order valence-corrected chi connectivity index (χ0v) is 7.89. The van der Waals surface area contributed by atoms with E-state index < -0.39 is 0 Å². The predicted molar refractivity (Wildman–Crippen MR) is 60.5 cm³/mol. The van der Waals surface area contributed by atoms with E-state index in [2.05, 4.69) is 45.1 Å². The van der Waals surface area contributed by atoms with E-state index in [0.29, 0.717) is 5.92 Å².